The van der Waals surface area contributed by atoms with E-state index in [1.165, 1.54) is 5.56 Å². The van der Waals surface area contributed by atoms with Crippen molar-refractivity contribution >= 4 is 27.4 Å². The summed E-state index contributed by atoms with van der Waals surface area (Å²) in [4.78, 5) is 10.2. The largest absolute Gasteiger partial charge is 0.497 e. The van der Waals surface area contributed by atoms with Crippen LogP contribution >= 0.6 is 11.3 Å². The molecule has 1 aromatic carbocycles. The van der Waals surface area contributed by atoms with Crippen LogP contribution in [0.4, 0.5) is 5.82 Å². The molecule has 3 rings (SSSR count). The molecule has 0 fully saturated rings. The minimum absolute atomic E-state index is 0.800. The summed E-state index contributed by atoms with van der Waals surface area (Å²) in [5.41, 5.74) is 2.32. The zero-order valence-electron chi connectivity index (χ0n) is 13.0. The number of hydrogen-bond acceptors (Lipinski definition) is 5. The summed E-state index contributed by atoms with van der Waals surface area (Å²) < 4.78 is 5.23. The Balaban J connectivity index is 2.12. The minimum atomic E-state index is 0.800. The number of ether oxygens (including phenoxy) is 1. The van der Waals surface area contributed by atoms with Gasteiger partial charge in [0, 0.05) is 17.5 Å². The summed E-state index contributed by atoms with van der Waals surface area (Å²) in [6.45, 7) is 4.99. The summed E-state index contributed by atoms with van der Waals surface area (Å²) in [6.07, 6.45) is 1.06. The maximum Gasteiger partial charge on any atom is 0.139 e. The molecule has 0 radical (unpaired) electrons. The molecule has 0 spiro atoms. The smallest absolute Gasteiger partial charge is 0.139 e. The van der Waals surface area contributed by atoms with Crippen LogP contribution in [0.15, 0.2) is 29.6 Å². The molecule has 0 aliphatic carbocycles. The summed E-state index contributed by atoms with van der Waals surface area (Å²) in [5, 5.41) is 6.68. The number of aryl methyl sites for hydroxylation is 1. The van der Waals surface area contributed by atoms with E-state index in [2.05, 4.69) is 39.7 Å². The first-order chi connectivity index (χ1) is 10.7. The molecular formula is C17H19N3OS. The number of rotatable bonds is 5. The average molecular weight is 313 g/mol. The fourth-order valence-electron chi connectivity index (χ4n) is 2.40. The molecule has 22 heavy (non-hydrogen) atoms. The fourth-order valence-corrected chi connectivity index (χ4v) is 3.40. The van der Waals surface area contributed by atoms with E-state index in [0.717, 1.165) is 46.1 Å². The molecule has 3 aromatic rings. The Labute approximate surface area is 134 Å². The molecule has 2 aromatic heterocycles. The Kier molecular flexibility index (Phi) is 4.24. The monoisotopic (exact) mass is 313 g/mol. The topological polar surface area (TPSA) is 47.0 Å². The Morgan fingerprint density at radius 3 is 2.64 bits per heavy atom. The highest BCUT2D eigenvalue weighted by Crippen LogP contribution is 2.37. The molecule has 1 N–H and O–H groups in total. The van der Waals surface area contributed by atoms with E-state index in [9.17, 15) is 0 Å². The molecule has 4 nitrogen and oxygen atoms in total. The number of benzene rings is 1. The van der Waals surface area contributed by atoms with Crippen molar-refractivity contribution in [2.45, 2.75) is 20.3 Å². The normalized spacial score (nSPS) is 10.9. The zero-order valence-corrected chi connectivity index (χ0v) is 13.8. The fraction of sp³-hybridized carbons (Fsp3) is 0.294. The van der Waals surface area contributed by atoms with Gasteiger partial charge in [-0.25, -0.2) is 9.97 Å². The average Bonchev–Trinajstić information content (AvgIpc) is 2.96. The first-order valence-corrected chi connectivity index (χ1v) is 8.25. The van der Waals surface area contributed by atoms with Crippen LogP contribution < -0.4 is 10.1 Å². The number of nitrogens with one attached hydrogen (secondary N) is 1. The van der Waals surface area contributed by atoms with Crippen LogP contribution in [-0.4, -0.2) is 23.6 Å². The molecule has 0 atom stereocenters. The number of fused-ring (bicyclic) bond motifs is 1. The summed E-state index contributed by atoms with van der Waals surface area (Å²) in [6, 6.07) is 8.10. The lowest BCUT2D eigenvalue weighted by molar-refractivity contribution is 0.415. The molecule has 2 heterocycles. The van der Waals surface area contributed by atoms with Gasteiger partial charge >= 0.3 is 0 Å². The summed E-state index contributed by atoms with van der Waals surface area (Å²) in [7, 11) is 1.68. The van der Waals surface area contributed by atoms with Crippen LogP contribution in [-0.2, 0) is 0 Å². The van der Waals surface area contributed by atoms with E-state index in [-0.39, 0.29) is 0 Å². The molecule has 5 heteroatoms. The van der Waals surface area contributed by atoms with Crippen molar-refractivity contribution in [2.24, 2.45) is 0 Å². The van der Waals surface area contributed by atoms with Crippen molar-refractivity contribution in [2.75, 3.05) is 19.0 Å². The molecular weight excluding hydrogens is 294 g/mol. The lowest BCUT2D eigenvalue weighted by Gasteiger charge is -2.09. The van der Waals surface area contributed by atoms with E-state index in [1.54, 1.807) is 18.4 Å². The standard InChI is InChI=1S/C17H19N3OS/c1-4-9-18-16-15-14(10-22-17(15)20-11(2)19-16)12-5-7-13(21-3)8-6-12/h5-8,10H,4,9H2,1-3H3,(H,18,19,20). The highest BCUT2D eigenvalue weighted by molar-refractivity contribution is 7.17. The van der Waals surface area contributed by atoms with Gasteiger partial charge in [0.25, 0.3) is 0 Å². The molecule has 114 valence electrons. The first-order valence-electron chi connectivity index (χ1n) is 7.37. The Morgan fingerprint density at radius 2 is 1.95 bits per heavy atom. The number of methoxy groups -OCH3 is 1. The lowest BCUT2D eigenvalue weighted by atomic mass is 10.1. The number of thiophene rings is 1. The van der Waals surface area contributed by atoms with Crippen LogP contribution in [0.2, 0.25) is 0 Å². The predicted octanol–water partition coefficient (Wildman–Crippen LogP) is 4.50. The van der Waals surface area contributed by atoms with Gasteiger partial charge in [0.1, 0.15) is 22.2 Å². The van der Waals surface area contributed by atoms with Crippen LogP contribution in [0, 0.1) is 6.92 Å². The van der Waals surface area contributed by atoms with Crippen LogP contribution in [0.3, 0.4) is 0 Å². The first kappa shape index (κ1) is 14.8. The van der Waals surface area contributed by atoms with Gasteiger partial charge in [-0.3, -0.25) is 0 Å². The van der Waals surface area contributed by atoms with Crippen molar-refractivity contribution < 1.29 is 4.74 Å². The van der Waals surface area contributed by atoms with Gasteiger partial charge in [0.2, 0.25) is 0 Å². The van der Waals surface area contributed by atoms with Gasteiger partial charge in [-0.2, -0.15) is 0 Å². The van der Waals surface area contributed by atoms with E-state index < -0.39 is 0 Å². The van der Waals surface area contributed by atoms with E-state index in [0.29, 0.717) is 0 Å². The number of nitrogens with zero attached hydrogens (tertiary/aromatic N) is 2. The molecule has 0 saturated heterocycles. The van der Waals surface area contributed by atoms with Crippen molar-refractivity contribution in [1.82, 2.24) is 9.97 Å². The molecule has 0 saturated carbocycles. The van der Waals surface area contributed by atoms with Crippen molar-refractivity contribution in [1.29, 1.82) is 0 Å². The molecule has 0 aliphatic heterocycles. The van der Waals surface area contributed by atoms with E-state index >= 15 is 0 Å². The number of aromatic nitrogens is 2. The van der Waals surface area contributed by atoms with Crippen molar-refractivity contribution in [3.05, 3.63) is 35.5 Å². The second-order valence-corrected chi connectivity index (χ2v) is 5.96. The highest BCUT2D eigenvalue weighted by Gasteiger charge is 2.14. The maximum absolute atomic E-state index is 5.23. The third-order valence-electron chi connectivity index (χ3n) is 3.49. The Morgan fingerprint density at radius 1 is 1.18 bits per heavy atom. The second kappa shape index (κ2) is 6.32. The zero-order chi connectivity index (χ0) is 15.5. The summed E-state index contributed by atoms with van der Waals surface area (Å²) in [5.74, 6) is 2.59. The third kappa shape index (κ3) is 2.76. The van der Waals surface area contributed by atoms with E-state index in [4.69, 9.17) is 4.74 Å². The maximum atomic E-state index is 5.23. The third-order valence-corrected chi connectivity index (χ3v) is 4.36. The quantitative estimate of drug-likeness (QED) is 0.753. The molecule has 0 aliphatic rings. The van der Waals surface area contributed by atoms with Gasteiger partial charge in [0.15, 0.2) is 0 Å². The van der Waals surface area contributed by atoms with Crippen LogP contribution in [0.1, 0.15) is 19.2 Å². The molecule has 0 bridgehead atoms. The van der Waals surface area contributed by atoms with Crippen molar-refractivity contribution in [3.8, 4) is 16.9 Å². The SMILES string of the molecule is CCCNc1nc(C)nc2scc(-c3ccc(OC)cc3)c12. The number of hydrogen-bond donors (Lipinski definition) is 1. The number of anilines is 1. The second-order valence-electron chi connectivity index (χ2n) is 5.10. The van der Waals surface area contributed by atoms with Crippen molar-refractivity contribution in [3.63, 3.8) is 0 Å². The Hall–Kier alpha value is -2.14. The van der Waals surface area contributed by atoms with Gasteiger partial charge in [0.05, 0.1) is 12.5 Å². The minimum Gasteiger partial charge on any atom is -0.497 e. The van der Waals surface area contributed by atoms with Crippen LogP contribution in [0.25, 0.3) is 21.3 Å². The Bertz CT molecular complexity index is 780. The lowest BCUT2D eigenvalue weighted by Crippen LogP contribution is -2.04. The summed E-state index contributed by atoms with van der Waals surface area (Å²) >= 11 is 1.66. The molecule has 0 unspecified atom stereocenters. The predicted molar refractivity (Wildman–Crippen MR) is 92.9 cm³/mol. The van der Waals surface area contributed by atoms with Gasteiger partial charge in [-0.05, 0) is 31.0 Å². The van der Waals surface area contributed by atoms with E-state index in [1.807, 2.05) is 19.1 Å². The highest BCUT2D eigenvalue weighted by atomic mass is 32.1. The molecule has 0 amide bonds. The van der Waals surface area contributed by atoms with Gasteiger partial charge in [-0.15, -0.1) is 11.3 Å². The van der Waals surface area contributed by atoms with Gasteiger partial charge < -0.3 is 10.1 Å². The van der Waals surface area contributed by atoms with Crippen LogP contribution in [0.5, 0.6) is 5.75 Å². The van der Waals surface area contributed by atoms with Gasteiger partial charge in [-0.1, -0.05) is 19.1 Å².